The Balaban J connectivity index is 2.12. The SMILES string of the molecule is CCCCOC(=O)[C@H]1[C@H](CCC)OC(=O)N1Cc1ccccc1. The van der Waals surface area contributed by atoms with E-state index in [0.717, 1.165) is 24.8 Å². The molecule has 1 aromatic rings. The Morgan fingerprint density at radius 1 is 1.22 bits per heavy atom. The molecule has 1 amide bonds. The lowest BCUT2D eigenvalue weighted by Gasteiger charge is -2.23. The molecule has 0 aliphatic carbocycles. The normalized spacial score (nSPS) is 20.4. The molecule has 126 valence electrons. The highest BCUT2D eigenvalue weighted by atomic mass is 16.6. The number of rotatable bonds is 8. The van der Waals surface area contributed by atoms with Crippen LogP contribution in [0.1, 0.15) is 45.1 Å². The summed E-state index contributed by atoms with van der Waals surface area (Å²) in [5, 5.41) is 0. The third-order valence-corrected chi connectivity index (χ3v) is 3.93. The number of amides is 1. The highest BCUT2D eigenvalue weighted by Gasteiger charge is 2.46. The Bertz CT molecular complexity index is 517. The number of carbonyl (C=O) groups is 2. The van der Waals surface area contributed by atoms with Gasteiger partial charge in [0, 0.05) is 0 Å². The Hall–Kier alpha value is -2.04. The van der Waals surface area contributed by atoms with Gasteiger partial charge in [-0.2, -0.15) is 0 Å². The molecule has 5 nitrogen and oxygen atoms in total. The molecule has 0 aromatic heterocycles. The molecule has 1 saturated heterocycles. The van der Waals surface area contributed by atoms with Crippen LogP contribution in [0, 0.1) is 0 Å². The van der Waals surface area contributed by atoms with Gasteiger partial charge in [-0.1, -0.05) is 57.0 Å². The molecule has 0 N–H and O–H groups in total. The third-order valence-electron chi connectivity index (χ3n) is 3.93. The first kappa shape index (κ1) is 17.3. The van der Waals surface area contributed by atoms with E-state index in [9.17, 15) is 9.59 Å². The molecule has 1 heterocycles. The second kappa shape index (κ2) is 8.56. The van der Waals surface area contributed by atoms with Crippen molar-refractivity contribution in [1.82, 2.24) is 4.90 Å². The summed E-state index contributed by atoms with van der Waals surface area (Å²) in [6.45, 7) is 4.79. The second-order valence-electron chi connectivity index (χ2n) is 5.79. The van der Waals surface area contributed by atoms with E-state index in [0.29, 0.717) is 19.6 Å². The Labute approximate surface area is 137 Å². The summed E-state index contributed by atoms with van der Waals surface area (Å²) < 4.78 is 10.8. The standard InChI is InChI=1S/C18H25NO4/c1-3-5-12-22-17(20)16-15(9-4-2)23-18(21)19(16)13-14-10-7-6-8-11-14/h6-8,10-11,15-16H,3-5,9,12-13H2,1-2H3/t15-,16+/m0/s1. The molecule has 1 aliphatic heterocycles. The molecule has 0 radical (unpaired) electrons. The van der Waals surface area contributed by atoms with E-state index in [1.807, 2.05) is 44.2 Å². The zero-order chi connectivity index (χ0) is 16.7. The van der Waals surface area contributed by atoms with Crippen LogP contribution >= 0.6 is 0 Å². The van der Waals surface area contributed by atoms with Crippen LogP contribution in [0.3, 0.4) is 0 Å². The van der Waals surface area contributed by atoms with Gasteiger partial charge in [-0.15, -0.1) is 0 Å². The molecule has 1 fully saturated rings. The van der Waals surface area contributed by atoms with Crippen molar-refractivity contribution in [3.63, 3.8) is 0 Å². The van der Waals surface area contributed by atoms with E-state index < -0.39 is 18.2 Å². The maximum atomic E-state index is 12.5. The van der Waals surface area contributed by atoms with E-state index in [-0.39, 0.29) is 5.97 Å². The molecule has 0 bridgehead atoms. The Kier molecular flexibility index (Phi) is 6.44. The minimum Gasteiger partial charge on any atom is -0.464 e. The number of cyclic esters (lactones) is 1. The lowest BCUT2D eigenvalue weighted by Crippen LogP contribution is -2.43. The average Bonchev–Trinajstić information content (AvgIpc) is 2.85. The highest BCUT2D eigenvalue weighted by molar-refractivity contribution is 5.85. The van der Waals surface area contributed by atoms with Gasteiger partial charge in [0.1, 0.15) is 6.10 Å². The van der Waals surface area contributed by atoms with Gasteiger partial charge in [0.2, 0.25) is 0 Å². The summed E-state index contributed by atoms with van der Waals surface area (Å²) in [6.07, 6.45) is 2.42. The molecule has 2 atom stereocenters. The fourth-order valence-electron chi connectivity index (χ4n) is 2.70. The molecular formula is C18H25NO4. The fraction of sp³-hybridized carbons (Fsp3) is 0.556. The van der Waals surface area contributed by atoms with E-state index >= 15 is 0 Å². The Morgan fingerprint density at radius 2 is 1.96 bits per heavy atom. The van der Waals surface area contributed by atoms with Crippen molar-refractivity contribution in [2.75, 3.05) is 6.61 Å². The van der Waals surface area contributed by atoms with Crippen molar-refractivity contribution >= 4 is 12.1 Å². The number of ether oxygens (including phenoxy) is 2. The lowest BCUT2D eigenvalue weighted by atomic mass is 10.1. The van der Waals surface area contributed by atoms with Gasteiger partial charge in [-0.3, -0.25) is 4.90 Å². The quantitative estimate of drug-likeness (QED) is 0.543. The number of hydrogen-bond donors (Lipinski definition) is 0. The number of benzene rings is 1. The van der Waals surface area contributed by atoms with Gasteiger partial charge >= 0.3 is 12.1 Å². The van der Waals surface area contributed by atoms with Crippen molar-refractivity contribution in [3.05, 3.63) is 35.9 Å². The maximum absolute atomic E-state index is 12.5. The van der Waals surface area contributed by atoms with E-state index in [2.05, 4.69) is 0 Å². The van der Waals surface area contributed by atoms with Crippen LogP contribution in [0.25, 0.3) is 0 Å². The molecule has 1 aliphatic rings. The van der Waals surface area contributed by atoms with Gasteiger partial charge in [-0.25, -0.2) is 9.59 Å². The first-order chi connectivity index (χ1) is 11.2. The smallest absolute Gasteiger partial charge is 0.411 e. The van der Waals surface area contributed by atoms with Crippen LogP contribution in [-0.2, 0) is 20.8 Å². The summed E-state index contributed by atoms with van der Waals surface area (Å²) in [5.41, 5.74) is 0.966. The average molecular weight is 319 g/mol. The Morgan fingerprint density at radius 3 is 2.61 bits per heavy atom. The highest BCUT2D eigenvalue weighted by Crippen LogP contribution is 2.26. The van der Waals surface area contributed by atoms with Gasteiger partial charge in [-0.05, 0) is 18.4 Å². The van der Waals surface area contributed by atoms with Crippen LogP contribution in [0.5, 0.6) is 0 Å². The molecule has 2 rings (SSSR count). The number of carbonyl (C=O) groups excluding carboxylic acids is 2. The van der Waals surface area contributed by atoms with Crippen molar-refractivity contribution in [3.8, 4) is 0 Å². The van der Waals surface area contributed by atoms with Crippen molar-refractivity contribution < 1.29 is 19.1 Å². The molecule has 0 spiro atoms. The molecular weight excluding hydrogens is 294 g/mol. The van der Waals surface area contributed by atoms with Gasteiger partial charge in [0.15, 0.2) is 6.04 Å². The van der Waals surface area contributed by atoms with Gasteiger partial charge < -0.3 is 9.47 Å². The van der Waals surface area contributed by atoms with Gasteiger partial charge in [0.25, 0.3) is 0 Å². The monoisotopic (exact) mass is 319 g/mol. The van der Waals surface area contributed by atoms with Crippen molar-refractivity contribution in [1.29, 1.82) is 0 Å². The van der Waals surface area contributed by atoms with Crippen LogP contribution in [0.4, 0.5) is 4.79 Å². The topological polar surface area (TPSA) is 55.8 Å². The second-order valence-corrected chi connectivity index (χ2v) is 5.79. The van der Waals surface area contributed by atoms with Gasteiger partial charge in [0.05, 0.1) is 13.2 Å². The third kappa shape index (κ3) is 4.47. The van der Waals surface area contributed by atoms with Crippen LogP contribution in [0.2, 0.25) is 0 Å². The minimum absolute atomic E-state index is 0.355. The van der Waals surface area contributed by atoms with E-state index in [1.54, 1.807) is 0 Å². The van der Waals surface area contributed by atoms with Crippen molar-refractivity contribution in [2.45, 2.75) is 58.2 Å². The number of hydrogen-bond acceptors (Lipinski definition) is 4. The first-order valence-corrected chi connectivity index (χ1v) is 8.35. The van der Waals surface area contributed by atoms with Crippen LogP contribution in [-0.4, -0.2) is 35.7 Å². The zero-order valence-electron chi connectivity index (χ0n) is 13.9. The summed E-state index contributed by atoms with van der Waals surface area (Å²) >= 11 is 0. The summed E-state index contributed by atoms with van der Waals surface area (Å²) in [7, 11) is 0. The summed E-state index contributed by atoms with van der Waals surface area (Å²) in [4.78, 5) is 26.2. The lowest BCUT2D eigenvalue weighted by molar-refractivity contribution is -0.150. The largest absolute Gasteiger partial charge is 0.464 e. The number of unbranched alkanes of at least 4 members (excludes halogenated alkanes) is 1. The summed E-state index contributed by atoms with van der Waals surface area (Å²) in [5.74, 6) is -0.362. The predicted octanol–water partition coefficient (Wildman–Crippen LogP) is 3.52. The van der Waals surface area contributed by atoms with E-state index in [4.69, 9.17) is 9.47 Å². The van der Waals surface area contributed by atoms with Crippen molar-refractivity contribution in [2.24, 2.45) is 0 Å². The predicted molar refractivity (Wildman–Crippen MR) is 86.8 cm³/mol. The summed E-state index contributed by atoms with van der Waals surface area (Å²) in [6, 6.07) is 8.95. The molecule has 23 heavy (non-hydrogen) atoms. The maximum Gasteiger partial charge on any atom is 0.411 e. The van der Waals surface area contributed by atoms with E-state index in [1.165, 1.54) is 4.90 Å². The van der Waals surface area contributed by atoms with Crippen LogP contribution in [0.15, 0.2) is 30.3 Å². The zero-order valence-corrected chi connectivity index (χ0v) is 13.9. The fourth-order valence-corrected chi connectivity index (χ4v) is 2.70. The first-order valence-electron chi connectivity index (χ1n) is 8.35. The number of esters is 1. The molecule has 0 saturated carbocycles. The molecule has 5 heteroatoms. The molecule has 0 unspecified atom stereocenters. The molecule has 1 aromatic carbocycles. The minimum atomic E-state index is -0.653. The van der Waals surface area contributed by atoms with Crippen LogP contribution < -0.4 is 0 Å². The number of nitrogens with zero attached hydrogens (tertiary/aromatic N) is 1.